The van der Waals surface area contributed by atoms with E-state index in [1.807, 2.05) is 73.2 Å². The molecule has 3 aromatic carbocycles. The van der Waals surface area contributed by atoms with E-state index in [2.05, 4.69) is 56.0 Å². The van der Waals surface area contributed by atoms with Crippen LogP contribution in [0.1, 0.15) is 38.3 Å². The van der Waals surface area contributed by atoms with Crippen molar-refractivity contribution in [2.75, 3.05) is 10.2 Å². The molecule has 0 atom stereocenters. The molecule has 5 heterocycles. The number of carbonyl (C=O) groups excluding carboxylic acids is 1. The van der Waals surface area contributed by atoms with Crippen LogP contribution in [-0.2, 0) is 26.7 Å². The van der Waals surface area contributed by atoms with Crippen LogP contribution in [0.4, 0.5) is 17.5 Å². The van der Waals surface area contributed by atoms with Gasteiger partial charge < -0.3 is 20.5 Å². The number of hydrogen-bond donors (Lipinski definition) is 3. The van der Waals surface area contributed by atoms with Gasteiger partial charge in [0, 0.05) is 60.8 Å². The molecule has 0 saturated heterocycles. The van der Waals surface area contributed by atoms with Crippen LogP contribution in [0.5, 0.6) is 0 Å². The van der Waals surface area contributed by atoms with Gasteiger partial charge in [0.05, 0.1) is 23.4 Å². The normalized spacial score (nSPS) is 14.0. The van der Waals surface area contributed by atoms with Crippen LogP contribution in [-0.4, -0.2) is 30.6 Å². The maximum Gasteiger partial charge on any atom is 0.259 e. The van der Waals surface area contributed by atoms with E-state index >= 15 is 0 Å². The minimum atomic E-state index is 0.0127. The lowest BCUT2D eigenvalue weighted by molar-refractivity contribution is 0.0997. The molecule has 0 saturated carbocycles. The highest BCUT2D eigenvalue weighted by atomic mass is 16.2. The molecule has 43 heavy (non-hydrogen) atoms. The average Bonchev–Trinajstić information content (AvgIpc) is 3.80. The molecule has 0 aliphatic carbocycles. The van der Waals surface area contributed by atoms with Crippen molar-refractivity contribution in [2.45, 2.75) is 33.5 Å². The first kappa shape index (κ1) is 25.4. The number of aromatic amines is 1. The number of amides is 1. The van der Waals surface area contributed by atoms with Crippen LogP contribution in [0, 0.1) is 13.8 Å². The smallest absolute Gasteiger partial charge is 0.259 e. The Balaban J connectivity index is 1.15. The van der Waals surface area contributed by atoms with Gasteiger partial charge in [-0.15, -0.1) is 0 Å². The molecule has 2 aliphatic rings. The van der Waals surface area contributed by atoms with Crippen molar-refractivity contribution in [1.29, 1.82) is 0 Å². The lowest BCUT2D eigenvalue weighted by atomic mass is 9.95. The minimum absolute atomic E-state index is 0.0127. The quantitative estimate of drug-likeness (QED) is 0.231. The molecular formula is C34H30N8O. The Hall–Kier alpha value is -5.28. The van der Waals surface area contributed by atoms with E-state index in [0.29, 0.717) is 18.3 Å². The summed E-state index contributed by atoms with van der Waals surface area (Å²) in [5.41, 5.74) is 12.3. The molecule has 8 rings (SSSR count). The first-order valence-electron chi connectivity index (χ1n) is 14.4. The number of anilines is 3. The monoisotopic (exact) mass is 566 g/mol. The van der Waals surface area contributed by atoms with Crippen molar-refractivity contribution >= 4 is 34.3 Å². The Kier molecular flexibility index (Phi) is 5.70. The van der Waals surface area contributed by atoms with Crippen molar-refractivity contribution in [3.63, 3.8) is 0 Å². The highest BCUT2D eigenvalue weighted by Crippen LogP contribution is 2.40. The summed E-state index contributed by atoms with van der Waals surface area (Å²) in [6.45, 7) is 6.30. The third kappa shape index (κ3) is 4.11. The number of fused-ring (bicyclic) bond motifs is 3. The second kappa shape index (κ2) is 9.64. The van der Waals surface area contributed by atoms with E-state index in [9.17, 15) is 4.79 Å². The fraction of sp³-hybridized carbons (Fsp3) is 0.176. The predicted molar refractivity (Wildman–Crippen MR) is 168 cm³/mol. The molecule has 9 heteroatoms. The maximum atomic E-state index is 13.9. The Morgan fingerprint density at radius 3 is 2.63 bits per heavy atom. The SMILES string of the molecule is Cc1cnc(Nc2cc(C)n(C)n2)nc1-c1c[nH]c2c(N3Cc4c(cccc4-c4ccc5c(c4)CNC5)C3=O)cccc12. The number of nitrogens with zero attached hydrogens (tertiary/aromatic N) is 5. The first-order valence-corrected chi connectivity index (χ1v) is 14.4. The lowest BCUT2D eigenvalue weighted by Crippen LogP contribution is -2.23. The van der Waals surface area contributed by atoms with Crippen molar-refractivity contribution in [3.8, 4) is 22.4 Å². The second-order valence-electron chi connectivity index (χ2n) is 11.4. The Bertz CT molecular complexity index is 2070. The second-order valence-corrected chi connectivity index (χ2v) is 11.4. The predicted octanol–water partition coefficient (Wildman–Crippen LogP) is 6.15. The van der Waals surface area contributed by atoms with Crippen LogP contribution in [0.2, 0.25) is 0 Å². The van der Waals surface area contributed by atoms with E-state index in [-0.39, 0.29) is 5.91 Å². The average molecular weight is 567 g/mol. The van der Waals surface area contributed by atoms with Crippen LogP contribution in [0.3, 0.4) is 0 Å². The molecule has 0 radical (unpaired) electrons. The molecule has 0 bridgehead atoms. The summed E-state index contributed by atoms with van der Waals surface area (Å²) in [6.07, 6.45) is 3.79. The summed E-state index contributed by atoms with van der Waals surface area (Å²) in [5.74, 6) is 1.18. The van der Waals surface area contributed by atoms with Gasteiger partial charge >= 0.3 is 0 Å². The molecule has 6 aromatic rings. The molecule has 212 valence electrons. The van der Waals surface area contributed by atoms with Crippen molar-refractivity contribution in [1.82, 2.24) is 30.0 Å². The summed E-state index contributed by atoms with van der Waals surface area (Å²) in [5, 5.41) is 12.1. The zero-order chi connectivity index (χ0) is 29.2. The molecule has 3 aromatic heterocycles. The number of nitrogens with one attached hydrogen (secondary N) is 3. The van der Waals surface area contributed by atoms with Gasteiger partial charge in [-0.25, -0.2) is 9.97 Å². The number of aromatic nitrogens is 5. The van der Waals surface area contributed by atoms with E-state index < -0.39 is 0 Å². The fourth-order valence-electron chi connectivity index (χ4n) is 6.33. The summed E-state index contributed by atoms with van der Waals surface area (Å²) >= 11 is 0. The molecule has 0 spiro atoms. The summed E-state index contributed by atoms with van der Waals surface area (Å²) in [7, 11) is 1.90. The van der Waals surface area contributed by atoms with Gasteiger partial charge in [-0.05, 0) is 65.4 Å². The van der Waals surface area contributed by atoms with Crippen molar-refractivity contribution in [3.05, 3.63) is 107 Å². The van der Waals surface area contributed by atoms with Crippen molar-refractivity contribution in [2.24, 2.45) is 7.05 Å². The zero-order valence-corrected chi connectivity index (χ0v) is 24.2. The first-order chi connectivity index (χ1) is 20.9. The summed E-state index contributed by atoms with van der Waals surface area (Å²) in [6, 6.07) is 20.7. The molecular weight excluding hydrogens is 536 g/mol. The van der Waals surface area contributed by atoms with Crippen LogP contribution in [0.15, 0.2) is 73.1 Å². The number of aryl methyl sites for hydroxylation is 3. The van der Waals surface area contributed by atoms with Gasteiger partial charge in [-0.2, -0.15) is 5.10 Å². The summed E-state index contributed by atoms with van der Waals surface area (Å²) < 4.78 is 1.81. The molecule has 9 nitrogen and oxygen atoms in total. The van der Waals surface area contributed by atoms with Gasteiger partial charge in [0.15, 0.2) is 5.82 Å². The molecule has 1 amide bonds. The molecule has 0 unspecified atom stereocenters. The van der Waals surface area contributed by atoms with E-state index in [1.54, 1.807) is 0 Å². The largest absolute Gasteiger partial charge is 0.359 e. The molecule has 3 N–H and O–H groups in total. The number of benzene rings is 3. The third-order valence-corrected chi connectivity index (χ3v) is 8.68. The number of H-pyrrole nitrogens is 1. The van der Waals surface area contributed by atoms with Gasteiger partial charge in [0.25, 0.3) is 5.91 Å². The minimum Gasteiger partial charge on any atom is -0.359 e. The van der Waals surface area contributed by atoms with Crippen LogP contribution >= 0.6 is 0 Å². The Morgan fingerprint density at radius 1 is 0.930 bits per heavy atom. The van der Waals surface area contributed by atoms with E-state index in [0.717, 1.165) is 74.4 Å². The van der Waals surface area contributed by atoms with Gasteiger partial charge in [-0.3, -0.25) is 9.48 Å². The summed E-state index contributed by atoms with van der Waals surface area (Å²) in [4.78, 5) is 28.6. The molecule has 2 aliphatic heterocycles. The highest BCUT2D eigenvalue weighted by Gasteiger charge is 2.32. The van der Waals surface area contributed by atoms with Gasteiger partial charge in [0.2, 0.25) is 5.95 Å². The number of para-hydroxylation sites is 1. The number of rotatable bonds is 5. The number of hydrogen-bond acceptors (Lipinski definition) is 6. The standard InChI is InChI=1S/C34H30N8O/c1-19-14-37-34(38-30-12-20(2)41(3)40-30)39-31(19)27-17-36-32-25(27)7-5-9-29(32)42-18-28-24(6-4-8-26(28)33(42)43)21-10-11-22-15-35-16-23(22)13-21/h4-14,17,35-36H,15-16,18H2,1-3H3,(H,37,38,39,40). The topological polar surface area (TPSA) is 104 Å². The van der Waals surface area contributed by atoms with Crippen LogP contribution < -0.4 is 15.5 Å². The fourth-order valence-corrected chi connectivity index (χ4v) is 6.33. The zero-order valence-electron chi connectivity index (χ0n) is 24.2. The van der Waals surface area contributed by atoms with Crippen molar-refractivity contribution < 1.29 is 4.79 Å². The third-order valence-electron chi connectivity index (χ3n) is 8.68. The van der Waals surface area contributed by atoms with Crippen LogP contribution in [0.25, 0.3) is 33.3 Å². The van der Waals surface area contributed by atoms with E-state index in [1.165, 1.54) is 11.1 Å². The Labute approximate surface area is 248 Å². The maximum absolute atomic E-state index is 13.9. The van der Waals surface area contributed by atoms with Gasteiger partial charge in [0.1, 0.15) is 0 Å². The van der Waals surface area contributed by atoms with Gasteiger partial charge in [-0.1, -0.05) is 36.4 Å². The molecule has 0 fully saturated rings. The number of carbonyl (C=O) groups is 1. The highest BCUT2D eigenvalue weighted by molar-refractivity contribution is 6.15. The lowest BCUT2D eigenvalue weighted by Gasteiger charge is -2.17. The Morgan fingerprint density at radius 2 is 1.77 bits per heavy atom. The van der Waals surface area contributed by atoms with E-state index in [4.69, 9.17) is 4.98 Å².